The number of β-lactam (4-membered cyclic amide) rings is 1. The molecule has 1 fully saturated rings. The van der Waals surface area contributed by atoms with Crippen molar-refractivity contribution in [2.45, 2.75) is 77.0 Å². The average molecular weight is 609 g/mol. The van der Waals surface area contributed by atoms with Gasteiger partial charge in [0.1, 0.15) is 6.61 Å². The Morgan fingerprint density at radius 2 is 1.70 bits per heavy atom. The van der Waals surface area contributed by atoms with E-state index in [2.05, 4.69) is 4.18 Å². The Bertz CT molecular complexity index is 1290. The van der Waals surface area contributed by atoms with E-state index >= 15 is 0 Å². The van der Waals surface area contributed by atoms with Crippen molar-refractivity contribution in [1.82, 2.24) is 4.90 Å². The lowest BCUT2D eigenvalue weighted by Gasteiger charge is -2.49. The monoisotopic (exact) mass is 608 g/mol. The Labute approximate surface area is 230 Å². The Balaban J connectivity index is 1.92. The summed E-state index contributed by atoms with van der Waals surface area (Å²) in [7, 11) is -8.36. The van der Waals surface area contributed by atoms with E-state index in [1.807, 2.05) is 20.8 Å². The first-order valence-electron chi connectivity index (χ1n) is 12.7. The lowest BCUT2D eigenvalue weighted by atomic mass is 9.79. The molecule has 2 heterocycles. The van der Waals surface area contributed by atoms with E-state index < -0.39 is 82.8 Å². The number of ether oxygens (including phenoxy) is 1. The predicted molar refractivity (Wildman–Crippen MR) is 137 cm³/mol. The Morgan fingerprint density at radius 3 is 2.17 bits per heavy atom. The van der Waals surface area contributed by atoms with Crippen LogP contribution in [0.15, 0.2) is 35.7 Å². The fourth-order valence-corrected chi connectivity index (χ4v) is 8.67. The van der Waals surface area contributed by atoms with Crippen molar-refractivity contribution in [2.75, 3.05) is 0 Å². The highest BCUT2D eigenvalue weighted by Gasteiger charge is 2.63. The van der Waals surface area contributed by atoms with Gasteiger partial charge in [-0.15, -0.1) is 0 Å². The molecule has 1 aromatic carbocycles. The molecule has 1 aromatic rings. The van der Waals surface area contributed by atoms with Crippen LogP contribution in [0, 0.1) is 22.0 Å². The maximum Gasteiger partial charge on any atom is 0.534 e. The first kappa shape index (κ1) is 31.5. The summed E-state index contributed by atoms with van der Waals surface area (Å²) in [6.07, 6.45) is -0.640. The molecular weight excluding hydrogens is 577 g/mol. The maximum absolute atomic E-state index is 13.3. The number of fused-ring (bicyclic) bond motifs is 1. The van der Waals surface area contributed by atoms with Gasteiger partial charge < -0.3 is 13.3 Å². The molecule has 0 radical (unpaired) electrons. The fourth-order valence-electron chi connectivity index (χ4n) is 5.17. The number of carbonyl (C=O) groups excluding carboxylic acids is 2. The van der Waals surface area contributed by atoms with Crippen molar-refractivity contribution in [3.05, 3.63) is 51.4 Å². The molecule has 222 valence electrons. The largest absolute Gasteiger partial charge is 0.534 e. The molecule has 0 bridgehead atoms. The molecular formula is C24H31F3N2O9SSi. The van der Waals surface area contributed by atoms with Crippen molar-refractivity contribution in [3.8, 4) is 0 Å². The zero-order valence-corrected chi connectivity index (χ0v) is 24.4. The van der Waals surface area contributed by atoms with Gasteiger partial charge in [0, 0.05) is 18.1 Å². The number of nitrogens with zero attached hydrogens (tertiary/aromatic N) is 2. The molecule has 0 spiro atoms. The number of nitro benzene ring substituents is 1. The van der Waals surface area contributed by atoms with Crippen LogP contribution in [0.4, 0.5) is 18.9 Å². The molecule has 16 heteroatoms. The molecule has 0 saturated carbocycles. The molecule has 4 atom stereocenters. The average Bonchev–Trinajstić information content (AvgIpc) is 3.13. The van der Waals surface area contributed by atoms with Gasteiger partial charge in [-0.2, -0.15) is 21.6 Å². The van der Waals surface area contributed by atoms with Crippen molar-refractivity contribution >= 4 is 36.0 Å². The second-order valence-corrected chi connectivity index (χ2v) is 16.0. The predicted octanol–water partition coefficient (Wildman–Crippen LogP) is 4.60. The molecule has 3 rings (SSSR count). The van der Waals surface area contributed by atoms with Crippen LogP contribution in [-0.4, -0.2) is 56.1 Å². The van der Waals surface area contributed by atoms with E-state index in [0.717, 1.165) is 35.2 Å². The van der Waals surface area contributed by atoms with Crippen LogP contribution >= 0.6 is 0 Å². The Hall–Kier alpha value is -2.98. The lowest BCUT2D eigenvalue weighted by molar-refractivity contribution is -0.384. The Morgan fingerprint density at radius 1 is 1.15 bits per heavy atom. The minimum absolute atomic E-state index is 0.215. The van der Waals surface area contributed by atoms with E-state index in [4.69, 9.17) is 9.16 Å². The van der Waals surface area contributed by atoms with Gasteiger partial charge in [-0.25, -0.2) is 4.79 Å². The molecule has 11 nitrogen and oxygen atoms in total. The number of hydrogen-bond donors (Lipinski definition) is 0. The number of nitro groups is 1. The fraction of sp³-hybridized carbons (Fsp3) is 0.583. The van der Waals surface area contributed by atoms with Crippen molar-refractivity contribution in [1.29, 1.82) is 0 Å². The highest BCUT2D eigenvalue weighted by Crippen LogP contribution is 2.50. The summed E-state index contributed by atoms with van der Waals surface area (Å²) in [5.41, 5.74) is -6.42. The first-order chi connectivity index (χ1) is 18.5. The van der Waals surface area contributed by atoms with Crippen LogP contribution in [0.25, 0.3) is 0 Å². The SMILES string of the molecule is CC[Si](CC)(CC)O[C@H](C)[C@H]1C(=O)N2C(C(=O)OCc3ccc([N+](=O)[O-])cc3)=C(OS(=O)(=O)C(F)(F)F)[C@H](C)[C@H]12. The number of benzene rings is 1. The topological polar surface area (TPSA) is 142 Å². The summed E-state index contributed by atoms with van der Waals surface area (Å²) in [4.78, 5) is 37.5. The third-order valence-electron chi connectivity index (χ3n) is 7.66. The van der Waals surface area contributed by atoms with Gasteiger partial charge in [-0.05, 0) is 42.8 Å². The third-order valence-corrected chi connectivity index (χ3v) is 13.4. The van der Waals surface area contributed by atoms with Gasteiger partial charge in [-0.1, -0.05) is 27.7 Å². The number of non-ortho nitro benzene ring substituents is 1. The molecule has 0 aromatic heterocycles. The van der Waals surface area contributed by atoms with Gasteiger partial charge in [-0.3, -0.25) is 19.8 Å². The number of esters is 1. The van der Waals surface area contributed by atoms with E-state index in [0.29, 0.717) is 5.56 Å². The first-order valence-corrected chi connectivity index (χ1v) is 16.6. The second-order valence-electron chi connectivity index (χ2n) is 9.78. The van der Waals surface area contributed by atoms with Gasteiger partial charge in [0.05, 0.1) is 23.0 Å². The van der Waals surface area contributed by atoms with Crippen LogP contribution in [0.1, 0.15) is 40.2 Å². The number of halogens is 3. The highest BCUT2D eigenvalue weighted by molar-refractivity contribution is 7.87. The van der Waals surface area contributed by atoms with Crippen molar-refractivity contribution in [3.63, 3.8) is 0 Å². The number of amides is 1. The second kappa shape index (κ2) is 11.5. The molecule has 1 saturated heterocycles. The summed E-state index contributed by atoms with van der Waals surface area (Å²) < 4.78 is 79.5. The molecule has 0 aliphatic carbocycles. The summed E-state index contributed by atoms with van der Waals surface area (Å²) in [5.74, 6) is -4.70. The molecule has 40 heavy (non-hydrogen) atoms. The standard InChI is InChI=1S/C24H31F3N2O9SSi/c1-6-40(7-2,8-3)38-15(5)18-19-14(4)21(37-39(34,35)24(25,26)27)20(28(19)22(18)30)23(31)36-13-16-9-11-17(12-10-16)29(32)33/h9-12,14-15,18-19H,6-8,13H2,1-5H3/t14-,15-,18-,19-/m1/s1. The van der Waals surface area contributed by atoms with Crippen LogP contribution in [-0.2, 0) is 39.7 Å². The summed E-state index contributed by atoms with van der Waals surface area (Å²) in [6.45, 7) is 8.58. The van der Waals surface area contributed by atoms with Gasteiger partial charge >= 0.3 is 21.6 Å². The third kappa shape index (κ3) is 5.74. The molecule has 1 amide bonds. The van der Waals surface area contributed by atoms with Crippen LogP contribution in [0.2, 0.25) is 18.1 Å². The normalized spacial score (nSPS) is 22.1. The van der Waals surface area contributed by atoms with Crippen LogP contribution < -0.4 is 0 Å². The number of alkyl halides is 3. The molecule has 0 N–H and O–H groups in total. The molecule has 2 aliphatic rings. The van der Waals surface area contributed by atoms with Crippen LogP contribution in [0.3, 0.4) is 0 Å². The minimum atomic E-state index is -6.17. The van der Waals surface area contributed by atoms with E-state index in [9.17, 15) is 41.3 Å². The minimum Gasteiger partial charge on any atom is -0.456 e. The number of rotatable bonds is 12. The van der Waals surface area contributed by atoms with E-state index in [1.54, 1.807) is 6.92 Å². The van der Waals surface area contributed by atoms with Gasteiger partial charge in [0.2, 0.25) is 5.91 Å². The quantitative estimate of drug-likeness (QED) is 0.0633. The van der Waals surface area contributed by atoms with E-state index in [-0.39, 0.29) is 5.69 Å². The van der Waals surface area contributed by atoms with Gasteiger partial charge in [0.15, 0.2) is 19.8 Å². The smallest absolute Gasteiger partial charge is 0.456 e. The maximum atomic E-state index is 13.3. The summed E-state index contributed by atoms with van der Waals surface area (Å²) in [6, 6.07) is 6.40. The Kier molecular flexibility index (Phi) is 9.05. The van der Waals surface area contributed by atoms with Crippen molar-refractivity contribution in [2.24, 2.45) is 11.8 Å². The highest BCUT2D eigenvalue weighted by atomic mass is 32.2. The van der Waals surface area contributed by atoms with E-state index in [1.165, 1.54) is 19.1 Å². The number of hydrogen-bond acceptors (Lipinski definition) is 9. The summed E-state index contributed by atoms with van der Waals surface area (Å²) in [5, 5.41) is 10.8. The van der Waals surface area contributed by atoms with Crippen LogP contribution in [0.5, 0.6) is 0 Å². The molecule has 2 aliphatic heterocycles. The van der Waals surface area contributed by atoms with Gasteiger partial charge in [0.25, 0.3) is 5.69 Å². The zero-order valence-electron chi connectivity index (χ0n) is 22.6. The lowest BCUT2D eigenvalue weighted by Crippen LogP contribution is -2.65. The number of carbonyl (C=O) groups is 2. The summed E-state index contributed by atoms with van der Waals surface area (Å²) >= 11 is 0. The zero-order chi connectivity index (χ0) is 30.2. The molecule has 0 unspecified atom stereocenters. The van der Waals surface area contributed by atoms with Crippen molar-refractivity contribution < 1.29 is 49.4 Å².